The van der Waals surface area contributed by atoms with E-state index in [1.165, 1.54) is 82.7 Å². The van der Waals surface area contributed by atoms with Crippen LogP contribution in [0.3, 0.4) is 0 Å². The predicted octanol–water partition coefficient (Wildman–Crippen LogP) is 5.11. The fraction of sp³-hybridized carbons (Fsp3) is 0.852. The summed E-state index contributed by atoms with van der Waals surface area (Å²) in [7, 11) is 0. The Bertz CT molecular complexity index is 712. The fourth-order valence-electron chi connectivity index (χ4n) is 6.34. The lowest BCUT2D eigenvalue weighted by Crippen LogP contribution is -2.58. The molecule has 0 radical (unpaired) electrons. The number of hydrogen-bond donors (Lipinski definition) is 2. The summed E-state index contributed by atoms with van der Waals surface area (Å²) in [5.74, 6) is 0.958. The van der Waals surface area contributed by atoms with Gasteiger partial charge in [-0.05, 0) is 50.9 Å². The van der Waals surface area contributed by atoms with Gasteiger partial charge in [0.25, 0.3) is 0 Å². The number of nitrogens with two attached hydrogens (primary N) is 1. The van der Waals surface area contributed by atoms with Crippen LogP contribution in [0.5, 0.6) is 0 Å². The Hall–Kier alpha value is -1.40. The Morgan fingerprint density at radius 3 is 2.18 bits per heavy atom. The van der Waals surface area contributed by atoms with Crippen molar-refractivity contribution in [2.45, 2.75) is 134 Å². The number of likely N-dealkylation sites (tertiary alicyclic amines) is 1. The number of carbonyl (C=O) groups excluding carboxylic acids is 1. The van der Waals surface area contributed by atoms with E-state index in [0.29, 0.717) is 6.54 Å². The average Bonchev–Trinajstić information content (AvgIpc) is 3.45. The number of hydrogen-bond acceptors (Lipinski definition) is 4. The van der Waals surface area contributed by atoms with Gasteiger partial charge in [0.15, 0.2) is 0 Å². The molecule has 33 heavy (non-hydrogen) atoms. The minimum Gasteiger partial charge on any atom is -0.333 e. The van der Waals surface area contributed by atoms with Gasteiger partial charge >= 0.3 is 0 Å². The van der Waals surface area contributed by atoms with Crippen LogP contribution < -0.4 is 11.1 Å². The molecule has 1 unspecified atom stereocenters. The first kappa shape index (κ1) is 24.7. The lowest BCUT2D eigenvalue weighted by molar-refractivity contribution is -0.135. The van der Waals surface area contributed by atoms with Crippen molar-refractivity contribution < 1.29 is 4.79 Å². The van der Waals surface area contributed by atoms with Gasteiger partial charge in [-0.1, -0.05) is 64.2 Å². The molecule has 2 saturated carbocycles. The molecule has 1 aromatic heterocycles. The molecule has 1 aromatic rings. The molecule has 0 spiro atoms. The van der Waals surface area contributed by atoms with E-state index in [4.69, 9.17) is 5.73 Å². The molecule has 186 valence electrons. The molecule has 3 fully saturated rings. The number of rotatable bonds is 6. The highest BCUT2D eigenvalue weighted by atomic mass is 16.2. The molecule has 6 nitrogen and oxygen atoms in total. The Balaban J connectivity index is 1.31. The number of aromatic nitrogens is 2. The summed E-state index contributed by atoms with van der Waals surface area (Å²) in [5.41, 5.74) is 7.63. The summed E-state index contributed by atoms with van der Waals surface area (Å²) in [4.78, 5) is 19.8. The molecule has 0 bridgehead atoms. The molecule has 1 saturated heterocycles. The standard InChI is InChI=1S/C27H47N5O/c28-27(16-11-7-3-4-8-12-17-27)32-18-15-25(26(32)33)30-20-24-19-29-22-31(24)21-23-13-9-5-1-2-6-10-14-23/h19,22-23,25,30H,1-18,20-21,28H2. The number of nitrogens with one attached hydrogen (secondary N) is 1. The van der Waals surface area contributed by atoms with Gasteiger partial charge < -0.3 is 20.5 Å². The molecule has 1 atom stereocenters. The second kappa shape index (κ2) is 12.3. The van der Waals surface area contributed by atoms with Gasteiger partial charge in [0.2, 0.25) is 5.91 Å². The summed E-state index contributed by atoms with van der Waals surface area (Å²) in [6.07, 6.45) is 25.1. The van der Waals surface area contributed by atoms with Crippen LogP contribution in [0.25, 0.3) is 0 Å². The summed E-state index contributed by atoms with van der Waals surface area (Å²) in [6, 6.07) is -0.119. The monoisotopic (exact) mass is 457 g/mol. The highest BCUT2D eigenvalue weighted by molar-refractivity contribution is 5.84. The van der Waals surface area contributed by atoms with Crippen molar-refractivity contribution in [2.75, 3.05) is 6.54 Å². The molecule has 0 aromatic carbocycles. The molecular formula is C27H47N5O. The van der Waals surface area contributed by atoms with Crippen molar-refractivity contribution in [3.05, 3.63) is 18.2 Å². The maximum Gasteiger partial charge on any atom is 0.241 e. The van der Waals surface area contributed by atoms with Gasteiger partial charge in [0.05, 0.1) is 23.7 Å². The topological polar surface area (TPSA) is 76.2 Å². The third-order valence-electron chi connectivity index (χ3n) is 8.47. The lowest BCUT2D eigenvalue weighted by atomic mass is 9.96. The summed E-state index contributed by atoms with van der Waals surface area (Å²) in [5, 5.41) is 3.56. The Morgan fingerprint density at radius 2 is 1.52 bits per heavy atom. The highest BCUT2D eigenvalue weighted by Gasteiger charge is 2.42. The van der Waals surface area contributed by atoms with Gasteiger partial charge in [-0.3, -0.25) is 4.79 Å². The van der Waals surface area contributed by atoms with Crippen LogP contribution in [-0.2, 0) is 17.9 Å². The van der Waals surface area contributed by atoms with Gasteiger partial charge in [0, 0.05) is 25.8 Å². The Kier molecular flexibility index (Phi) is 9.25. The second-order valence-corrected chi connectivity index (χ2v) is 11.0. The van der Waals surface area contributed by atoms with E-state index in [0.717, 1.165) is 51.1 Å². The van der Waals surface area contributed by atoms with Crippen LogP contribution in [0.4, 0.5) is 0 Å². The van der Waals surface area contributed by atoms with Crippen LogP contribution in [0.2, 0.25) is 0 Å². The van der Waals surface area contributed by atoms with Crippen molar-refractivity contribution in [2.24, 2.45) is 11.7 Å². The Labute approximate surface area is 201 Å². The normalized spacial score (nSPS) is 26.2. The maximum atomic E-state index is 13.3. The van der Waals surface area contributed by atoms with E-state index in [2.05, 4.69) is 14.9 Å². The van der Waals surface area contributed by atoms with E-state index in [1.54, 1.807) is 0 Å². The summed E-state index contributed by atoms with van der Waals surface area (Å²) >= 11 is 0. The van der Waals surface area contributed by atoms with Gasteiger partial charge in [-0.25, -0.2) is 4.98 Å². The zero-order chi connectivity index (χ0) is 22.9. The van der Waals surface area contributed by atoms with Crippen LogP contribution in [-0.4, -0.2) is 38.6 Å². The zero-order valence-corrected chi connectivity index (χ0v) is 20.8. The van der Waals surface area contributed by atoms with Crippen molar-refractivity contribution in [3.8, 4) is 0 Å². The summed E-state index contributed by atoms with van der Waals surface area (Å²) in [6.45, 7) is 2.55. The van der Waals surface area contributed by atoms with Gasteiger partial charge in [-0.2, -0.15) is 0 Å². The van der Waals surface area contributed by atoms with E-state index >= 15 is 0 Å². The van der Waals surface area contributed by atoms with Gasteiger partial charge in [0.1, 0.15) is 0 Å². The van der Waals surface area contributed by atoms with Crippen molar-refractivity contribution in [1.82, 2.24) is 19.8 Å². The smallest absolute Gasteiger partial charge is 0.241 e. The Morgan fingerprint density at radius 1 is 0.909 bits per heavy atom. The van der Waals surface area contributed by atoms with Crippen molar-refractivity contribution in [3.63, 3.8) is 0 Å². The number of carbonyl (C=O) groups is 1. The van der Waals surface area contributed by atoms with Crippen LogP contribution >= 0.6 is 0 Å². The largest absolute Gasteiger partial charge is 0.333 e. The average molecular weight is 458 g/mol. The lowest BCUT2D eigenvalue weighted by Gasteiger charge is -2.39. The molecule has 4 rings (SSSR count). The predicted molar refractivity (Wildman–Crippen MR) is 133 cm³/mol. The molecule has 6 heteroatoms. The third-order valence-corrected chi connectivity index (χ3v) is 8.47. The first-order valence-electron chi connectivity index (χ1n) is 14.0. The van der Waals surface area contributed by atoms with Crippen LogP contribution in [0, 0.1) is 5.92 Å². The van der Waals surface area contributed by atoms with Crippen molar-refractivity contribution in [1.29, 1.82) is 0 Å². The van der Waals surface area contributed by atoms with Crippen molar-refractivity contribution >= 4 is 5.91 Å². The third kappa shape index (κ3) is 6.82. The first-order valence-corrected chi connectivity index (χ1v) is 14.0. The zero-order valence-electron chi connectivity index (χ0n) is 20.8. The van der Waals surface area contributed by atoms with E-state index in [1.807, 2.05) is 17.4 Å². The number of amides is 1. The molecule has 2 heterocycles. The fourth-order valence-corrected chi connectivity index (χ4v) is 6.34. The van der Waals surface area contributed by atoms with E-state index in [-0.39, 0.29) is 11.9 Å². The highest BCUT2D eigenvalue weighted by Crippen LogP contribution is 2.31. The molecular weight excluding hydrogens is 410 g/mol. The maximum absolute atomic E-state index is 13.3. The quantitative estimate of drug-likeness (QED) is 0.622. The van der Waals surface area contributed by atoms with E-state index in [9.17, 15) is 4.79 Å². The molecule has 1 amide bonds. The summed E-state index contributed by atoms with van der Waals surface area (Å²) < 4.78 is 2.33. The first-order chi connectivity index (χ1) is 16.2. The minimum absolute atomic E-state index is 0.119. The van der Waals surface area contributed by atoms with Crippen LogP contribution in [0.1, 0.15) is 115 Å². The minimum atomic E-state index is -0.448. The number of imidazole rings is 1. The van der Waals surface area contributed by atoms with Gasteiger partial charge in [-0.15, -0.1) is 0 Å². The second-order valence-electron chi connectivity index (χ2n) is 11.0. The van der Waals surface area contributed by atoms with Crippen LogP contribution in [0.15, 0.2) is 12.5 Å². The number of nitrogens with zero attached hydrogens (tertiary/aromatic N) is 3. The molecule has 3 N–H and O–H groups in total. The molecule has 1 aliphatic heterocycles. The van der Waals surface area contributed by atoms with E-state index < -0.39 is 5.66 Å². The SMILES string of the molecule is NC1(N2CCC(NCc3cncn3CC3CCCCCCCC3)C2=O)CCCCCCCC1. The molecule has 2 aliphatic carbocycles. The molecule has 3 aliphatic rings.